The van der Waals surface area contributed by atoms with Crippen molar-refractivity contribution in [3.8, 4) is 0 Å². The van der Waals surface area contributed by atoms with Crippen LogP contribution in [0.4, 0.5) is 10.5 Å². The Morgan fingerprint density at radius 3 is 2.70 bits per heavy atom. The van der Waals surface area contributed by atoms with Gasteiger partial charge in [-0.3, -0.25) is 4.79 Å². The first-order valence-electron chi connectivity index (χ1n) is 8.05. The molecule has 1 aliphatic carbocycles. The largest absolute Gasteiger partial charge is 0.337 e. The molecule has 1 aromatic heterocycles. The summed E-state index contributed by atoms with van der Waals surface area (Å²) < 4.78 is 1.53. The Morgan fingerprint density at radius 1 is 1.30 bits per heavy atom. The number of nitrogens with zero attached hydrogens (tertiary/aromatic N) is 1. The van der Waals surface area contributed by atoms with Gasteiger partial charge in [0.1, 0.15) is 0 Å². The first-order chi connectivity index (χ1) is 10.9. The van der Waals surface area contributed by atoms with Gasteiger partial charge in [0.15, 0.2) is 0 Å². The maximum atomic E-state index is 12.1. The van der Waals surface area contributed by atoms with Crippen LogP contribution in [0.25, 0.3) is 10.8 Å². The molecule has 2 aromatic rings. The molecule has 0 bridgehead atoms. The molecule has 0 spiro atoms. The van der Waals surface area contributed by atoms with E-state index in [0.717, 1.165) is 5.39 Å². The number of carbonyl (C=O) groups is 1. The van der Waals surface area contributed by atoms with Crippen molar-refractivity contribution in [2.75, 3.05) is 11.9 Å². The predicted molar refractivity (Wildman–Crippen MR) is 92.7 cm³/mol. The first-order valence-corrected chi connectivity index (χ1v) is 8.05. The van der Waals surface area contributed by atoms with Gasteiger partial charge in [-0.15, -0.1) is 0 Å². The van der Waals surface area contributed by atoms with E-state index in [1.807, 2.05) is 18.2 Å². The molecule has 0 unspecified atom stereocenters. The number of aryl methyl sites for hydroxylation is 1. The zero-order valence-electron chi connectivity index (χ0n) is 13.8. The van der Waals surface area contributed by atoms with Crippen molar-refractivity contribution in [2.24, 2.45) is 18.4 Å². The summed E-state index contributed by atoms with van der Waals surface area (Å²) in [6, 6.07) is 7.07. The summed E-state index contributed by atoms with van der Waals surface area (Å²) in [7, 11) is 1.72. The van der Waals surface area contributed by atoms with Crippen LogP contribution in [0, 0.1) is 11.3 Å². The summed E-state index contributed by atoms with van der Waals surface area (Å²) in [5.41, 5.74) is 0.840. The van der Waals surface area contributed by atoms with Crippen LogP contribution in [-0.4, -0.2) is 17.1 Å². The van der Waals surface area contributed by atoms with Gasteiger partial charge in [0.05, 0.1) is 0 Å². The van der Waals surface area contributed by atoms with Crippen molar-refractivity contribution in [3.05, 3.63) is 40.8 Å². The Bertz CT molecular complexity index is 804. The second-order valence-corrected chi connectivity index (χ2v) is 6.86. The highest BCUT2D eigenvalue weighted by Gasteiger charge is 2.45. The summed E-state index contributed by atoms with van der Waals surface area (Å²) in [5.74, 6) is 0.575. The SMILES string of the molecule is CC(C)C1(CNC(=O)Nc2ccc3ccn(C)c(=O)c3c2)CC1. The van der Waals surface area contributed by atoms with Gasteiger partial charge < -0.3 is 15.2 Å². The van der Waals surface area contributed by atoms with Gasteiger partial charge in [-0.1, -0.05) is 19.9 Å². The van der Waals surface area contributed by atoms with E-state index in [0.29, 0.717) is 23.5 Å². The minimum atomic E-state index is -0.218. The predicted octanol–water partition coefficient (Wildman–Crippen LogP) is 3.10. The zero-order valence-corrected chi connectivity index (χ0v) is 13.8. The van der Waals surface area contributed by atoms with Crippen LogP contribution in [-0.2, 0) is 7.05 Å². The second-order valence-electron chi connectivity index (χ2n) is 6.86. The van der Waals surface area contributed by atoms with Crippen molar-refractivity contribution in [2.45, 2.75) is 26.7 Å². The molecule has 1 saturated carbocycles. The number of urea groups is 1. The average molecular weight is 313 g/mol. The van der Waals surface area contributed by atoms with E-state index >= 15 is 0 Å². The van der Waals surface area contributed by atoms with E-state index in [9.17, 15) is 9.59 Å². The molecule has 1 aromatic carbocycles. The Labute approximate surface area is 135 Å². The topological polar surface area (TPSA) is 63.1 Å². The van der Waals surface area contributed by atoms with Crippen LogP contribution in [0.1, 0.15) is 26.7 Å². The van der Waals surface area contributed by atoms with Crippen molar-refractivity contribution in [1.29, 1.82) is 0 Å². The van der Waals surface area contributed by atoms with Crippen molar-refractivity contribution < 1.29 is 4.79 Å². The van der Waals surface area contributed by atoms with Gasteiger partial charge in [0.2, 0.25) is 0 Å². The van der Waals surface area contributed by atoms with Gasteiger partial charge in [-0.2, -0.15) is 0 Å². The number of amides is 2. The lowest BCUT2D eigenvalue weighted by atomic mass is 9.92. The van der Waals surface area contributed by atoms with E-state index in [-0.39, 0.29) is 17.0 Å². The average Bonchev–Trinajstić information content (AvgIpc) is 3.31. The third kappa shape index (κ3) is 3.09. The Morgan fingerprint density at radius 2 is 2.04 bits per heavy atom. The molecule has 1 aliphatic rings. The molecule has 0 atom stereocenters. The smallest absolute Gasteiger partial charge is 0.319 e. The van der Waals surface area contributed by atoms with E-state index in [4.69, 9.17) is 0 Å². The summed E-state index contributed by atoms with van der Waals surface area (Å²) >= 11 is 0. The highest BCUT2D eigenvalue weighted by molar-refractivity contribution is 5.93. The molecule has 5 nitrogen and oxygen atoms in total. The lowest BCUT2D eigenvalue weighted by molar-refractivity contribution is 0.246. The van der Waals surface area contributed by atoms with E-state index < -0.39 is 0 Å². The molecule has 3 rings (SSSR count). The monoisotopic (exact) mass is 313 g/mol. The minimum Gasteiger partial charge on any atom is -0.337 e. The molecule has 2 N–H and O–H groups in total. The van der Waals surface area contributed by atoms with Crippen molar-refractivity contribution in [3.63, 3.8) is 0 Å². The highest BCUT2D eigenvalue weighted by atomic mass is 16.2. The number of aromatic nitrogens is 1. The number of nitrogens with one attached hydrogen (secondary N) is 2. The number of hydrogen-bond acceptors (Lipinski definition) is 2. The third-order valence-corrected chi connectivity index (χ3v) is 5.06. The Balaban J connectivity index is 1.70. The maximum Gasteiger partial charge on any atom is 0.319 e. The zero-order chi connectivity index (χ0) is 16.6. The number of benzene rings is 1. The van der Waals surface area contributed by atoms with Crippen molar-refractivity contribution in [1.82, 2.24) is 9.88 Å². The Kier molecular flexibility index (Phi) is 3.88. The summed E-state index contributed by atoms with van der Waals surface area (Å²) in [4.78, 5) is 24.2. The quantitative estimate of drug-likeness (QED) is 0.911. The molecule has 122 valence electrons. The lowest BCUT2D eigenvalue weighted by Gasteiger charge is -2.20. The number of carbonyl (C=O) groups excluding carboxylic acids is 1. The van der Waals surface area contributed by atoms with E-state index in [2.05, 4.69) is 24.5 Å². The molecular weight excluding hydrogens is 290 g/mol. The molecule has 5 heteroatoms. The lowest BCUT2D eigenvalue weighted by Crippen LogP contribution is -2.35. The number of hydrogen-bond donors (Lipinski definition) is 2. The van der Waals surface area contributed by atoms with Crippen LogP contribution in [0.2, 0.25) is 0 Å². The normalized spacial score (nSPS) is 15.7. The molecular formula is C18H23N3O2. The summed E-state index contributed by atoms with van der Waals surface area (Å²) in [6.45, 7) is 5.10. The second kappa shape index (κ2) is 5.72. The molecule has 0 saturated heterocycles. The van der Waals surface area contributed by atoms with Gasteiger partial charge >= 0.3 is 6.03 Å². The fourth-order valence-corrected chi connectivity index (χ4v) is 2.96. The van der Waals surface area contributed by atoms with E-state index in [1.165, 1.54) is 17.4 Å². The molecule has 0 radical (unpaired) electrons. The van der Waals surface area contributed by atoms with Gasteiger partial charge in [-0.05, 0) is 47.8 Å². The number of anilines is 1. The van der Waals surface area contributed by atoms with Crippen LogP contribution < -0.4 is 16.2 Å². The third-order valence-electron chi connectivity index (χ3n) is 5.06. The van der Waals surface area contributed by atoms with Crippen LogP contribution in [0.5, 0.6) is 0 Å². The molecule has 23 heavy (non-hydrogen) atoms. The van der Waals surface area contributed by atoms with Gasteiger partial charge in [0.25, 0.3) is 5.56 Å². The molecule has 2 amide bonds. The fraction of sp³-hybridized carbons (Fsp3) is 0.444. The summed E-state index contributed by atoms with van der Waals surface area (Å²) in [6.07, 6.45) is 4.10. The highest BCUT2D eigenvalue weighted by Crippen LogP contribution is 2.51. The molecule has 0 aliphatic heterocycles. The van der Waals surface area contributed by atoms with Crippen LogP contribution in [0.15, 0.2) is 35.3 Å². The minimum absolute atomic E-state index is 0.0664. The van der Waals surface area contributed by atoms with Gasteiger partial charge in [-0.25, -0.2) is 4.79 Å². The van der Waals surface area contributed by atoms with Crippen molar-refractivity contribution >= 4 is 22.5 Å². The first kappa shape index (κ1) is 15.6. The molecule has 1 fully saturated rings. The Hall–Kier alpha value is -2.30. The van der Waals surface area contributed by atoms with E-state index in [1.54, 1.807) is 19.3 Å². The number of pyridine rings is 1. The van der Waals surface area contributed by atoms with Crippen LogP contribution in [0.3, 0.4) is 0 Å². The molecule has 1 heterocycles. The van der Waals surface area contributed by atoms with Crippen LogP contribution >= 0.6 is 0 Å². The summed E-state index contributed by atoms with van der Waals surface area (Å²) in [5, 5.41) is 7.25. The fourth-order valence-electron chi connectivity index (χ4n) is 2.96. The maximum absolute atomic E-state index is 12.1. The standard InChI is InChI=1S/C18H23N3O2/c1-12(2)18(7-8-18)11-19-17(23)20-14-5-4-13-6-9-21(3)16(22)15(13)10-14/h4-6,9-10,12H,7-8,11H2,1-3H3,(H2,19,20,23). The number of rotatable bonds is 4. The van der Waals surface area contributed by atoms with Gasteiger partial charge in [0, 0.05) is 30.9 Å². The number of fused-ring (bicyclic) bond motifs is 1.